The first-order valence-electron chi connectivity index (χ1n) is 6.96. The molecule has 8 heteroatoms. The van der Waals surface area contributed by atoms with Crippen LogP contribution in [0.4, 0.5) is 5.95 Å². The van der Waals surface area contributed by atoms with Gasteiger partial charge in [0.2, 0.25) is 11.9 Å². The molecule has 0 radical (unpaired) electrons. The quantitative estimate of drug-likeness (QED) is 0.836. The smallest absolute Gasteiger partial charge is 0.245 e. The van der Waals surface area contributed by atoms with Crippen LogP contribution in [0, 0.1) is 0 Å². The van der Waals surface area contributed by atoms with Crippen molar-refractivity contribution in [1.29, 1.82) is 0 Å². The van der Waals surface area contributed by atoms with Crippen LogP contribution in [0.25, 0.3) is 0 Å². The average molecular weight is 306 g/mol. The Balaban J connectivity index is 1.61. The molecule has 1 amide bonds. The van der Waals surface area contributed by atoms with Crippen LogP contribution in [0.2, 0.25) is 0 Å². The van der Waals surface area contributed by atoms with Crippen LogP contribution in [0.3, 0.4) is 0 Å². The molecule has 112 valence electrons. The zero-order valence-electron chi connectivity index (χ0n) is 12.1. The van der Waals surface area contributed by atoms with Crippen LogP contribution < -0.4 is 4.90 Å². The second-order valence-electron chi connectivity index (χ2n) is 5.15. The van der Waals surface area contributed by atoms with E-state index in [1.54, 1.807) is 16.0 Å². The highest BCUT2D eigenvalue weighted by atomic mass is 32.1. The summed E-state index contributed by atoms with van der Waals surface area (Å²) in [5.74, 6) is 0.898. The molecule has 2 aromatic heterocycles. The minimum Gasteiger partial charge on any atom is -0.339 e. The van der Waals surface area contributed by atoms with E-state index in [0.717, 1.165) is 23.9 Å². The van der Waals surface area contributed by atoms with Gasteiger partial charge in [-0.1, -0.05) is 11.2 Å². The third kappa shape index (κ3) is 2.76. The molecule has 0 saturated carbocycles. The van der Waals surface area contributed by atoms with E-state index >= 15 is 0 Å². The number of carbonyl (C=O) groups excluding carboxylic acids is 1. The number of carbonyl (C=O) groups is 1. The Bertz CT molecular complexity index is 602. The monoisotopic (exact) mass is 306 g/mol. The van der Waals surface area contributed by atoms with Gasteiger partial charge in [0.1, 0.15) is 0 Å². The minimum atomic E-state index is -0.0620. The number of anilines is 1. The summed E-state index contributed by atoms with van der Waals surface area (Å²) in [5.41, 5.74) is 0. The van der Waals surface area contributed by atoms with Crippen molar-refractivity contribution < 1.29 is 4.79 Å². The highest BCUT2D eigenvalue weighted by Gasteiger charge is 2.27. The fourth-order valence-corrected chi connectivity index (χ4v) is 3.33. The molecule has 0 aromatic carbocycles. The first-order valence-corrected chi connectivity index (χ1v) is 7.84. The molecule has 21 heavy (non-hydrogen) atoms. The van der Waals surface area contributed by atoms with Gasteiger partial charge in [-0.05, 0) is 28.8 Å². The summed E-state index contributed by atoms with van der Waals surface area (Å²) in [7, 11) is 1.83. The van der Waals surface area contributed by atoms with Gasteiger partial charge in [0.05, 0.1) is 5.92 Å². The number of nitrogens with zero attached hydrogens (tertiary/aromatic N) is 6. The summed E-state index contributed by atoms with van der Waals surface area (Å²) in [5, 5.41) is 13.5. The topological polar surface area (TPSA) is 67.2 Å². The lowest BCUT2D eigenvalue weighted by Crippen LogP contribution is -2.50. The van der Waals surface area contributed by atoms with E-state index in [2.05, 4.69) is 20.4 Å². The Kier molecular flexibility index (Phi) is 3.87. The van der Waals surface area contributed by atoms with E-state index in [4.69, 9.17) is 0 Å². The fraction of sp³-hybridized carbons (Fsp3) is 0.538. The third-order valence-electron chi connectivity index (χ3n) is 3.81. The number of rotatable bonds is 3. The highest BCUT2D eigenvalue weighted by molar-refractivity contribution is 7.10. The van der Waals surface area contributed by atoms with Crippen molar-refractivity contribution in [3.05, 3.63) is 22.4 Å². The molecular formula is C13H18N6OS. The lowest BCUT2D eigenvalue weighted by Gasteiger charge is -2.35. The summed E-state index contributed by atoms with van der Waals surface area (Å²) in [4.78, 5) is 17.7. The largest absolute Gasteiger partial charge is 0.339 e. The van der Waals surface area contributed by atoms with E-state index in [-0.39, 0.29) is 11.8 Å². The van der Waals surface area contributed by atoms with Crippen molar-refractivity contribution in [3.63, 3.8) is 0 Å². The first-order chi connectivity index (χ1) is 10.2. The number of aryl methyl sites for hydroxylation is 1. The Morgan fingerprint density at radius 1 is 1.33 bits per heavy atom. The zero-order chi connectivity index (χ0) is 14.8. The van der Waals surface area contributed by atoms with Gasteiger partial charge in [-0.3, -0.25) is 4.79 Å². The Hall–Kier alpha value is -1.96. The summed E-state index contributed by atoms with van der Waals surface area (Å²) >= 11 is 1.64. The lowest BCUT2D eigenvalue weighted by atomic mass is 10.1. The maximum Gasteiger partial charge on any atom is 0.245 e. The van der Waals surface area contributed by atoms with Gasteiger partial charge in [-0.15, -0.1) is 11.3 Å². The predicted molar refractivity (Wildman–Crippen MR) is 80.3 cm³/mol. The van der Waals surface area contributed by atoms with Crippen LogP contribution in [0.1, 0.15) is 17.7 Å². The van der Waals surface area contributed by atoms with E-state index in [9.17, 15) is 4.79 Å². The molecule has 1 atom stereocenters. The summed E-state index contributed by atoms with van der Waals surface area (Å²) < 4.78 is 1.66. The number of amides is 1. The van der Waals surface area contributed by atoms with E-state index in [1.165, 1.54) is 0 Å². The standard InChI is InChI=1S/C13H18N6OS/c1-10(11-4-3-9-21-11)12(20)18-5-7-19(8-6-18)13-14-15-16-17(13)2/h3-4,9-10H,5-8H2,1-2H3. The molecule has 1 saturated heterocycles. The minimum absolute atomic E-state index is 0.0620. The molecule has 3 heterocycles. The molecule has 1 unspecified atom stereocenters. The van der Waals surface area contributed by atoms with E-state index in [0.29, 0.717) is 13.1 Å². The van der Waals surface area contributed by atoms with Gasteiger partial charge < -0.3 is 9.80 Å². The molecule has 1 fully saturated rings. The summed E-state index contributed by atoms with van der Waals surface area (Å²) in [6, 6.07) is 4.01. The number of piperazine rings is 1. The van der Waals surface area contributed by atoms with Crippen molar-refractivity contribution in [2.24, 2.45) is 7.05 Å². The zero-order valence-corrected chi connectivity index (χ0v) is 13.0. The number of hydrogen-bond donors (Lipinski definition) is 0. The molecule has 0 N–H and O–H groups in total. The molecule has 0 bridgehead atoms. The molecule has 1 aliphatic heterocycles. The highest BCUT2D eigenvalue weighted by Crippen LogP contribution is 2.23. The molecule has 1 aliphatic rings. The number of aromatic nitrogens is 4. The second-order valence-corrected chi connectivity index (χ2v) is 6.13. The summed E-state index contributed by atoms with van der Waals surface area (Å²) in [6.07, 6.45) is 0. The summed E-state index contributed by atoms with van der Waals surface area (Å²) in [6.45, 7) is 4.92. The van der Waals surface area contributed by atoms with Gasteiger partial charge in [0.15, 0.2) is 0 Å². The Labute approximate surface area is 127 Å². The van der Waals surface area contributed by atoms with Crippen molar-refractivity contribution in [2.75, 3.05) is 31.1 Å². The van der Waals surface area contributed by atoms with Gasteiger partial charge in [-0.25, -0.2) is 4.68 Å². The first kappa shape index (κ1) is 14.0. The maximum absolute atomic E-state index is 12.5. The van der Waals surface area contributed by atoms with Gasteiger partial charge in [0, 0.05) is 38.1 Å². The molecule has 3 rings (SSSR count). The third-order valence-corrected chi connectivity index (χ3v) is 4.87. The number of hydrogen-bond acceptors (Lipinski definition) is 6. The van der Waals surface area contributed by atoms with Gasteiger partial charge in [0.25, 0.3) is 0 Å². The molecule has 0 spiro atoms. The van der Waals surface area contributed by atoms with E-state index < -0.39 is 0 Å². The van der Waals surface area contributed by atoms with Gasteiger partial charge in [-0.2, -0.15) is 0 Å². The lowest BCUT2D eigenvalue weighted by molar-refractivity contribution is -0.132. The van der Waals surface area contributed by atoms with Crippen molar-refractivity contribution in [3.8, 4) is 0 Å². The Morgan fingerprint density at radius 2 is 2.10 bits per heavy atom. The maximum atomic E-state index is 12.5. The predicted octanol–water partition coefficient (Wildman–Crippen LogP) is 0.724. The number of tetrazole rings is 1. The molecule has 0 aliphatic carbocycles. The SMILES string of the molecule is CC(C(=O)N1CCN(c2nnnn2C)CC1)c1cccs1. The average Bonchev–Trinajstić information content (AvgIpc) is 3.17. The van der Waals surface area contributed by atoms with Crippen LogP contribution in [-0.2, 0) is 11.8 Å². The van der Waals surface area contributed by atoms with Gasteiger partial charge >= 0.3 is 0 Å². The van der Waals surface area contributed by atoms with Crippen molar-refractivity contribution in [2.45, 2.75) is 12.8 Å². The normalized spacial score (nSPS) is 17.0. The van der Waals surface area contributed by atoms with Crippen molar-refractivity contribution >= 4 is 23.2 Å². The fourth-order valence-electron chi connectivity index (χ4n) is 2.55. The van der Waals surface area contributed by atoms with Crippen LogP contribution >= 0.6 is 11.3 Å². The molecule has 7 nitrogen and oxygen atoms in total. The van der Waals surface area contributed by atoms with Crippen LogP contribution in [-0.4, -0.2) is 57.2 Å². The van der Waals surface area contributed by atoms with Crippen LogP contribution in [0.15, 0.2) is 17.5 Å². The molecular weight excluding hydrogens is 288 g/mol. The molecule has 2 aromatic rings. The van der Waals surface area contributed by atoms with Crippen molar-refractivity contribution in [1.82, 2.24) is 25.1 Å². The number of thiophene rings is 1. The van der Waals surface area contributed by atoms with Crippen LogP contribution in [0.5, 0.6) is 0 Å². The Morgan fingerprint density at radius 3 is 2.67 bits per heavy atom. The van der Waals surface area contributed by atoms with E-state index in [1.807, 2.05) is 36.4 Å². The second kappa shape index (κ2) is 5.80.